The largest absolute Gasteiger partial charge is 0.459 e. The highest BCUT2D eigenvalue weighted by atomic mass is 16.5. The van der Waals surface area contributed by atoms with Gasteiger partial charge in [-0.25, -0.2) is 9.78 Å². The topological polar surface area (TPSA) is 62.7 Å². The number of carbonyl (C=O) groups is 2. The summed E-state index contributed by atoms with van der Waals surface area (Å²) in [6.45, 7) is 6.61. The van der Waals surface area contributed by atoms with E-state index >= 15 is 0 Å². The Morgan fingerprint density at radius 2 is 2.00 bits per heavy atom. The van der Waals surface area contributed by atoms with Crippen LogP contribution in [0.5, 0.6) is 0 Å². The van der Waals surface area contributed by atoms with E-state index in [2.05, 4.69) is 9.88 Å². The van der Waals surface area contributed by atoms with Gasteiger partial charge in [0.15, 0.2) is 0 Å². The molecule has 1 aromatic heterocycles. The molecule has 0 bridgehead atoms. The van der Waals surface area contributed by atoms with Crippen LogP contribution in [0.3, 0.4) is 0 Å². The Kier molecular flexibility index (Phi) is 5.02. The average molecular weight is 331 g/mol. The van der Waals surface area contributed by atoms with Crippen molar-refractivity contribution in [3.63, 3.8) is 0 Å². The summed E-state index contributed by atoms with van der Waals surface area (Å²) in [5.41, 5.74) is 0.494. The first-order chi connectivity index (χ1) is 11.6. The van der Waals surface area contributed by atoms with Crippen LogP contribution in [0.1, 0.15) is 43.5 Å². The first kappa shape index (κ1) is 16.7. The fraction of sp³-hybridized carbons (Fsp3) is 0.611. The van der Waals surface area contributed by atoms with Gasteiger partial charge in [-0.2, -0.15) is 0 Å². The molecule has 6 heteroatoms. The molecular weight excluding hydrogens is 306 g/mol. The Morgan fingerprint density at radius 1 is 1.21 bits per heavy atom. The molecule has 6 nitrogen and oxygen atoms in total. The van der Waals surface area contributed by atoms with Crippen molar-refractivity contribution in [3.05, 3.63) is 23.9 Å². The maximum atomic E-state index is 12.3. The Labute approximate surface area is 142 Å². The third-order valence-corrected chi connectivity index (χ3v) is 4.38. The molecule has 0 radical (unpaired) electrons. The number of pyridine rings is 1. The zero-order chi connectivity index (χ0) is 17.1. The lowest BCUT2D eigenvalue weighted by atomic mass is 10.2. The number of rotatable bonds is 4. The minimum atomic E-state index is -0.344. The normalized spacial score (nSPS) is 18.5. The van der Waals surface area contributed by atoms with E-state index in [0.29, 0.717) is 24.5 Å². The third kappa shape index (κ3) is 3.86. The molecule has 1 aromatic rings. The Balaban J connectivity index is 1.72. The molecule has 3 rings (SSSR count). The van der Waals surface area contributed by atoms with E-state index in [9.17, 15) is 9.59 Å². The smallest absolute Gasteiger partial charge is 0.342 e. The number of hydrogen-bond acceptors (Lipinski definition) is 5. The molecule has 0 atom stereocenters. The van der Waals surface area contributed by atoms with Crippen LogP contribution in [0.4, 0.5) is 5.82 Å². The van der Waals surface area contributed by atoms with Crippen LogP contribution in [0.25, 0.3) is 0 Å². The van der Waals surface area contributed by atoms with Crippen LogP contribution >= 0.6 is 0 Å². The number of ether oxygens (including phenoxy) is 1. The van der Waals surface area contributed by atoms with Gasteiger partial charge in [-0.15, -0.1) is 0 Å². The van der Waals surface area contributed by atoms with Crippen molar-refractivity contribution in [2.45, 2.75) is 39.2 Å². The predicted molar refractivity (Wildman–Crippen MR) is 90.9 cm³/mol. The van der Waals surface area contributed by atoms with Crippen molar-refractivity contribution in [2.24, 2.45) is 5.92 Å². The summed E-state index contributed by atoms with van der Waals surface area (Å²) in [5, 5.41) is 0. The van der Waals surface area contributed by atoms with E-state index < -0.39 is 0 Å². The minimum Gasteiger partial charge on any atom is -0.459 e. The van der Waals surface area contributed by atoms with Crippen molar-refractivity contribution in [1.29, 1.82) is 0 Å². The highest BCUT2D eigenvalue weighted by Crippen LogP contribution is 2.31. The fourth-order valence-corrected chi connectivity index (χ4v) is 3.02. The monoisotopic (exact) mass is 331 g/mol. The van der Waals surface area contributed by atoms with Crippen LogP contribution in [0, 0.1) is 5.92 Å². The highest BCUT2D eigenvalue weighted by molar-refractivity contribution is 5.94. The second-order valence-electron chi connectivity index (χ2n) is 6.77. The van der Waals surface area contributed by atoms with E-state index in [1.807, 2.05) is 18.7 Å². The van der Waals surface area contributed by atoms with Gasteiger partial charge in [0.2, 0.25) is 5.91 Å². The number of nitrogens with zero attached hydrogens (tertiary/aromatic N) is 3. The Bertz CT molecular complexity index is 613. The summed E-state index contributed by atoms with van der Waals surface area (Å²) in [6, 6.07) is 3.51. The van der Waals surface area contributed by atoms with E-state index in [1.165, 1.54) is 0 Å². The number of amides is 1. The summed E-state index contributed by atoms with van der Waals surface area (Å²) < 4.78 is 5.33. The molecule has 2 aliphatic rings. The first-order valence-corrected chi connectivity index (χ1v) is 8.76. The molecule has 2 heterocycles. The Morgan fingerprint density at radius 3 is 2.71 bits per heavy atom. The number of esters is 1. The third-order valence-electron chi connectivity index (χ3n) is 4.38. The lowest BCUT2D eigenvalue weighted by Crippen LogP contribution is -2.36. The predicted octanol–water partition coefficient (Wildman–Crippen LogP) is 2.10. The maximum absolute atomic E-state index is 12.3. The van der Waals surface area contributed by atoms with Crippen molar-refractivity contribution in [1.82, 2.24) is 9.88 Å². The summed E-state index contributed by atoms with van der Waals surface area (Å²) in [6.07, 6.45) is 4.48. The van der Waals surface area contributed by atoms with Crippen molar-refractivity contribution < 1.29 is 14.3 Å². The SMILES string of the molecule is CC(C)OC(=O)c1cccnc1N1CCCN(C(=O)C2CC2)CC1. The van der Waals surface area contributed by atoms with E-state index in [1.54, 1.807) is 18.3 Å². The molecule has 1 saturated heterocycles. The maximum Gasteiger partial charge on any atom is 0.342 e. The van der Waals surface area contributed by atoms with Crippen LogP contribution in [-0.2, 0) is 9.53 Å². The van der Waals surface area contributed by atoms with E-state index in [4.69, 9.17) is 4.74 Å². The molecule has 130 valence electrons. The van der Waals surface area contributed by atoms with Gasteiger partial charge in [0.25, 0.3) is 0 Å². The molecule has 0 aromatic carbocycles. The van der Waals surface area contributed by atoms with Crippen LogP contribution < -0.4 is 4.90 Å². The van der Waals surface area contributed by atoms with Crippen LogP contribution in [0.15, 0.2) is 18.3 Å². The summed E-state index contributed by atoms with van der Waals surface area (Å²) in [5.74, 6) is 0.854. The number of anilines is 1. The summed E-state index contributed by atoms with van der Waals surface area (Å²) >= 11 is 0. The lowest BCUT2D eigenvalue weighted by molar-refractivity contribution is -0.132. The highest BCUT2D eigenvalue weighted by Gasteiger charge is 2.34. The molecule has 0 unspecified atom stereocenters. The van der Waals surface area contributed by atoms with Gasteiger partial charge in [-0.3, -0.25) is 4.79 Å². The molecule has 0 N–H and O–H groups in total. The minimum absolute atomic E-state index is 0.165. The number of hydrogen-bond donors (Lipinski definition) is 0. The summed E-state index contributed by atoms with van der Waals surface area (Å²) in [4.78, 5) is 33.1. The molecule has 0 spiro atoms. The van der Waals surface area contributed by atoms with Gasteiger partial charge < -0.3 is 14.5 Å². The van der Waals surface area contributed by atoms with Gasteiger partial charge in [0.1, 0.15) is 11.4 Å². The quantitative estimate of drug-likeness (QED) is 0.791. The fourth-order valence-electron chi connectivity index (χ4n) is 3.02. The molecule has 1 aliphatic heterocycles. The van der Waals surface area contributed by atoms with Crippen LogP contribution in [0.2, 0.25) is 0 Å². The lowest BCUT2D eigenvalue weighted by Gasteiger charge is -2.24. The van der Waals surface area contributed by atoms with Gasteiger partial charge >= 0.3 is 5.97 Å². The van der Waals surface area contributed by atoms with Gasteiger partial charge in [0, 0.05) is 38.3 Å². The second kappa shape index (κ2) is 7.20. The van der Waals surface area contributed by atoms with E-state index in [-0.39, 0.29) is 23.9 Å². The summed E-state index contributed by atoms with van der Waals surface area (Å²) in [7, 11) is 0. The number of aromatic nitrogens is 1. The van der Waals surface area contributed by atoms with Gasteiger partial charge in [-0.1, -0.05) is 0 Å². The van der Waals surface area contributed by atoms with Crippen molar-refractivity contribution >= 4 is 17.7 Å². The zero-order valence-corrected chi connectivity index (χ0v) is 14.4. The molecular formula is C18H25N3O3. The van der Waals surface area contributed by atoms with Gasteiger partial charge in [0.05, 0.1) is 6.10 Å². The van der Waals surface area contributed by atoms with Crippen molar-refractivity contribution in [3.8, 4) is 0 Å². The molecule has 24 heavy (non-hydrogen) atoms. The molecule has 1 amide bonds. The zero-order valence-electron chi connectivity index (χ0n) is 14.4. The first-order valence-electron chi connectivity index (χ1n) is 8.76. The van der Waals surface area contributed by atoms with Gasteiger partial charge in [-0.05, 0) is 45.2 Å². The second-order valence-corrected chi connectivity index (χ2v) is 6.77. The standard InChI is InChI=1S/C18H25N3O3/c1-13(2)24-18(23)15-5-3-8-19-16(15)20-9-4-10-21(12-11-20)17(22)14-6-7-14/h3,5,8,13-14H,4,6-7,9-12H2,1-2H3. The van der Waals surface area contributed by atoms with E-state index in [0.717, 1.165) is 32.4 Å². The Hall–Kier alpha value is -2.11. The number of carbonyl (C=O) groups excluding carboxylic acids is 2. The average Bonchev–Trinajstić information content (AvgIpc) is 3.40. The van der Waals surface area contributed by atoms with Crippen molar-refractivity contribution in [2.75, 3.05) is 31.1 Å². The molecule has 1 aliphatic carbocycles. The molecule has 1 saturated carbocycles. The molecule has 2 fully saturated rings. The van der Waals surface area contributed by atoms with Crippen LogP contribution in [-0.4, -0.2) is 54.0 Å².